The van der Waals surface area contributed by atoms with E-state index in [4.69, 9.17) is 10.00 Å². The molecule has 1 aromatic rings. The zero-order chi connectivity index (χ0) is 14.8. The largest absolute Gasteiger partial charge is 0.378 e. The van der Waals surface area contributed by atoms with Gasteiger partial charge in [0.25, 0.3) is 0 Å². The van der Waals surface area contributed by atoms with Crippen LogP contribution in [0.5, 0.6) is 0 Å². The third-order valence-corrected chi connectivity index (χ3v) is 4.23. The molecule has 0 aliphatic carbocycles. The van der Waals surface area contributed by atoms with Crippen LogP contribution in [0.3, 0.4) is 0 Å². The molecule has 0 radical (unpaired) electrons. The van der Waals surface area contributed by atoms with E-state index in [-0.39, 0.29) is 30.2 Å². The van der Waals surface area contributed by atoms with Gasteiger partial charge in [-0.2, -0.15) is 5.26 Å². The number of hydrogen-bond donors (Lipinski definition) is 1. The van der Waals surface area contributed by atoms with Crippen LogP contribution in [0.15, 0.2) is 18.2 Å². The number of benzene rings is 1. The van der Waals surface area contributed by atoms with Crippen LogP contribution in [0.2, 0.25) is 0 Å². The average molecular weight is 288 g/mol. The van der Waals surface area contributed by atoms with Gasteiger partial charge in [-0.15, -0.1) is 0 Å². The number of ether oxygens (including phenoxy) is 1. The molecule has 2 heterocycles. The third-order valence-electron chi connectivity index (χ3n) is 4.23. The summed E-state index contributed by atoms with van der Waals surface area (Å²) in [6.45, 7) is 1.24. The molecule has 4 nitrogen and oxygen atoms in total. The molecule has 0 amide bonds. The minimum absolute atomic E-state index is 0.0434. The van der Waals surface area contributed by atoms with Gasteiger partial charge in [-0.25, -0.2) is 4.39 Å². The smallest absolute Gasteiger partial charge is 0.166 e. The second-order valence-electron chi connectivity index (χ2n) is 5.77. The fourth-order valence-electron chi connectivity index (χ4n) is 3.29. The van der Waals surface area contributed by atoms with Crippen molar-refractivity contribution in [2.24, 2.45) is 5.92 Å². The van der Waals surface area contributed by atoms with Crippen LogP contribution < -0.4 is 5.32 Å². The standard InChI is InChI=1S/C16H17FN2O2/c17-12-2-1-10(3-4-18)15(7-12)16(20)11-5-13-8-21-9-14(6-11)19-13/h1-2,7,11,13-14,19H,3,5-6,8-9H2. The van der Waals surface area contributed by atoms with Crippen molar-refractivity contribution in [2.45, 2.75) is 31.3 Å². The van der Waals surface area contributed by atoms with Crippen LogP contribution in [0.25, 0.3) is 0 Å². The van der Waals surface area contributed by atoms with E-state index in [1.165, 1.54) is 18.2 Å². The van der Waals surface area contributed by atoms with E-state index >= 15 is 0 Å². The molecule has 2 unspecified atom stereocenters. The van der Waals surface area contributed by atoms with E-state index in [0.717, 1.165) is 0 Å². The van der Waals surface area contributed by atoms with Crippen molar-refractivity contribution in [3.8, 4) is 6.07 Å². The van der Waals surface area contributed by atoms with Crippen molar-refractivity contribution in [3.05, 3.63) is 35.1 Å². The van der Waals surface area contributed by atoms with Gasteiger partial charge in [0.1, 0.15) is 5.82 Å². The third kappa shape index (κ3) is 2.97. The molecule has 2 fully saturated rings. The van der Waals surface area contributed by atoms with E-state index in [1.807, 2.05) is 6.07 Å². The number of morpholine rings is 1. The number of hydrogen-bond acceptors (Lipinski definition) is 4. The number of nitriles is 1. The van der Waals surface area contributed by atoms with Crippen molar-refractivity contribution < 1.29 is 13.9 Å². The lowest BCUT2D eigenvalue weighted by Crippen LogP contribution is -2.55. The highest BCUT2D eigenvalue weighted by Gasteiger charge is 2.36. The monoisotopic (exact) mass is 288 g/mol. The minimum Gasteiger partial charge on any atom is -0.378 e. The first kappa shape index (κ1) is 14.2. The molecular weight excluding hydrogens is 271 g/mol. The summed E-state index contributed by atoms with van der Waals surface area (Å²) in [5, 5.41) is 12.3. The number of rotatable bonds is 3. The summed E-state index contributed by atoms with van der Waals surface area (Å²) in [6.07, 6.45) is 1.54. The van der Waals surface area contributed by atoms with Crippen molar-refractivity contribution >= 4 is 5.78 Å². The van der Waals surface area contributed by atoms with Crippen LogP contribution in [0.4, 0.5) is 4.39 Å². The maximum atomic E-state index is 13.5. The van der Waals surface area contributed by atoms with Gasteiger partial charge in [-0.1, -0.05) is 6.07 Å². The number of Topliss-reactive ketones (excluding diaryl/α,β-unsaturated/α-hetero) is 1. The topological polar surface area (TPSA) is 62.1 Å². The predicted octanol–water partition coefficient (Wildman–Crippen LogP) is 1.84. The van der Waals surface area contributed by atoms with Gasteiger partial charge in [0.15, 0.2) is 5.78 Å². The van der Waals surface area contributed by atoms with Gasteiger partial charge in [0.05, 0.1) is 25.7 Å². The highest BCUT2D eigenvalue weighted by molar-refractivity contribution is 5.99. The van der Waals surface area contributed by atoms with Crippen LogP contribution in [-0.4, -0.2) is 31.1 Å². The summed E-state index contributed by atoms with van der Waals surface area (Å²) in [7, 11) is 0. The molecular formula is C16H17FN2O2. The van der Waals surface area contributed by atoms with Crippen LogP contribution in [0, 0.1) is 23.1 Å². The quantitative estimate of drug-likeness (QED) is 0.862. The highest BCUT2D eigenvalue weighted by atomic mass is 19.1. The fraction of sp³-hybridized carbons (Fsp3) is 0.500. The van der Waals surface area contributed by atoms with E-state index in [9.17, 15) is 9.18 Å². The number of carbonyl (C=O) groups is 1. The molecule has 2 saturated heterocycles. The first-order valence-electron chi connectivity index (χ1n) is 7.20. The Morgan fingerprint density at radius 1 is 1.38 bits per heavy atom. The Balaban J connectivity index is 1.85. The van der Waals surface area contributed by atoms with Crippen LogP contribution >= 0.6 is 0 Å². The number of piperidine rings is 1. The summed E-state index contributed by atoms with van der Waals surface area (Å²) in [5.74, 6) is -0.597. The Hall–Kier alpha value is -1.77. The molecule has 0 saturated carbocycles. The molecule has 2 atom stereocenters. The predicted molar refractivity (Wildman–Crippen MR) is 74.3 cm³/mol. The number of nitrogens with one attached hydrogen (secondary N) is 1. The van der Waals surface area contributed by atoms with Crippen molar-refractivity contribution in [1.82, 2.24) is 5.32 Å². The second-order valence-corrected chi connectivity index (χ2v) is 5.77. The maximum absolute atomic E-state index is 13.5. The van der Waals surface area contributed by atoms with E-state index in [2.05, 4.69) is 5.32 Å². The molecule has 2 aliphatic heterocycles. The van der Waals surface area contributed by atoms with E-state index in [0.29, 0.717) is 37.2 Å². The molecule has 3 rings (SSSR count). The normalized spacial score (nSPS) is 27.9. The summed E-state index contributed by atoms with van der Waals surface area (Å²) in [4.78, 5) is 12.7. The summed E-state index contributed by atoms with van der Waals surface area (Å²) >= 11 is 0. The number of nitrogens with zero attached hydrogens (tertiary/aromatic N) is 1. The summed E-state index contributed by atoms with van der Waals surface area (Å²) < 4.78 is 19.0. The first-order chi connectivity index (χ1) is 10.2. The van der Waals surface area contributed by atoms with Gasteiger partial charge in [-0.05, 0) is 30.5 Å². The number of fused-ring (bicyclic) bond motifs is 2. The Labute approximate surface area is 122 Å². The molecule has 110 valence electrons. The molecule has 0 aromatic heterocycles. The van der Waals surface area contributed by atoms with Crippen molar-refractivity contribution in [1.29, 1.82) is 5.26 Å². The second kappa shape index (κ2) is 5.92. The Kier molecular flexibility index (Phi) is 4.00. The molecule has 5 heteroatoms. The lowest BCUT2D eigenvalue weighted by molar-refractivity contribution is 0.00950. The Morgan fingerprint density at radius 3 is 2.76 bits per heavy atom. The first-order valence-corrected chi connectivity index (χ1v) is 7.20. The molecule has 0 spiro atoms. The average Bonchev–Trinajstić information content (AvgIpc) is 2.48. The van der Waals surface area contributed by atoms with Gasteiger partial charge in [-0.3, -0.25) is 4.79 Å². The number of ketones is 1. The van der Waals surface area contributed by atoms with Crippen LogP contribution in [-0.2, 0) is 11.2 Å². The maximum Gasteiger partial charge on any atom is 0.166 e. The zero-order valence-corrected chi connectivity index (χ0v) is 11.6. The van der Waals surface area contributed by atoms with Crippen LogP contribution in [0.1, 0.15) is 28.8 Å². The molecule has 1 aromatic carbocycles. The molecule has 1 N–H and O–H groups in total. The lowest BCUT2D eigenvalue weighted by atomic mass is 9.81. The molecule has 21 heavy (non-hydrogen) atoms. The van der Waals surface area contributed by atoms with Gasteiger partial charge < -0.3 is 10.1 Å². The van der Waals surface area contributed by atoms with Crippen molar-refractivity contribution in [3.63, 3.8) is 0 Å². The Morgan fingerprint density at radius 2 is 2.10 bits per heavy atom. The number of halogens is 1. The van der Waals surface area contributed by atoms with Gasteiger partial charge >= 0.3 is 0 Å². The summed E-state index contributed by atoms with van der Waals surface area (Å²) in [6, 6.07) is 6.53. The minimum atomic E-state index is -0.433. The number of carbonyl (C=O) groups excluding carboxylic acids is 1. The lowest BCUT2D eigenvalue weighted by Gasteiger charge is -2.39. The molecule has 2 aliphatic rings. The van der Waals surface area contributed by atoms with Gasteiger partial charge in [0, 0.05) is 23.6 Å². The van der Waals surface area contributed by atoms with E-state index in [1.54, 1.807) is 0 Å². The Bertz CT molecular complexity index is 584. The van der Waals surface area contributed by atoms with E-state index < -0.39 is 5.82 Å². The zero-order valence-electron chi connectivity index (χ0n) is 11.6. The SMILES string of the molecule is N#CCc1ccc(F)cc1C(=O)C1CC2COCC(C1)N2. The molecule has 2 bridgehead atoms. The fourth-order valence-corrected chi connectivity index (χ4v) is 3.29. The van der Waals surface area contributed by atoms with Crippen molar-refractivity contribution in [2.75, 3.05) is 13.2 Å². The summed E-state index contributed by atoms with van der Waals surface area (Å²) in [5.41, 5.74) is 0.978. The highest BCUT2D eigenvalue weighted by Crippen LogP contribution is 2.28. The van der Waals surface area contributed by atoms with Gasteiger partial charge in [0.2, 0.25) is 0 Å².